The summed E-state index contributed by atoms with van der Waals surface area (Å²) in [4.78, 5) is 40.7. The molecule has 1 aliphatic rings. The van der Waals surface area contributed by atoms with Crippen LogP contribution in [0, 0.1) is 5.92 Å². The number of piperidine rings is 1. The number of amides is 2. The van der Waals surface area contributed by atoms with Crippen molar-refractivity contribution < 1.29 is 14.0 Å². The SMILES string of the molecule is O=C(c1ccc2[nH]c(=O)oc2c1)C1CCN(C(=O)Nc2cccc(Cl)c2)CC1. The van der Waals surface area contributed by atoms with Gasteiger partial charge in [-0.1, -0.05) is 17.7 Å². The van der Waals surface area contributed by atoms with E-state index in [4.69, 9.17) is 16.0 Å². The number of urea groups is 1. The number of nitrogens with one attached hydrogen (secondary N) is 2. The van der Waals surface area contributed by atoms with E-state index in [0.717, 1.165) is 0 Å². The average Bonchev–Trinajstić information content (AvgIpc) is 3.06. The van der Waals surface area contributed by atoms with Crippen LogP contribution in [-0.2, 0) is 0 Å². The Labute approximate surface area is 165 Å². The number of aromatic nitrogens is 1. The largest absolute Gasteiger partial charge is 0.417 e. The lowest BCUT2D eigenvalue weighted by atomic mass is 9.89. The van der Waals surface area contributed by atoms with E-state index in [9.17, 15) is 14.4 Å². The minimum atomic E-state index is -0.543. The monoisotopic (exact) mass is 399 g/mol. The van der Waals surface area contributed by atoms with E-state index >= 15 is 0 Å². The predicted molar refractivity (Wildman–Crippen MR) is 106 cm³/mol. The minimum Gasteiger partial charge on any atom is -0.408 e. The van der Waals surface area contributed by atoms with Gasteiger partial charge in [0, 0.05) is 35.3 Å². The van der Waals surface area contributed by atoms with Crippen LogP contribution in [-0.4, -0.2) is 34.8 Å². The molecule has 7 nitrogen and oxygen atoms in total. The summed E-state index contributed by atoms with van der Waals surface area (Å²) in [6, 6.07) is 11.7. The van der Waals surface area contributed by atoms with Gasteiger partial charge in [-0.15, -0.1) is 0 Å². The molecule has 0 unspecified atom stereocenters. The number of fused-ring (bicyclic) bond motifs is 1. The first-order valence-corrected chi connectivity index (χ1v) is 9.36. The minimum absolute atomic E-state index is 0.000600. The van der Waals surface area contributed by atoms with Crippen LogP contribution in [0.25, 0.3) is 11.1 Å². The molecule has 0 spiro atoms. The normalized spacial score (nSPS) is 15.0. The van der Waals surface area contributed by atoms with Gasteiger partial charge < -0.3 is 14.6 Å². The number of anilines is 1. The lowest BCUT2D eigenvalue weighted by Crippen LogP contribution is -2.42. The molecule has 0 radical (unpaired) electrons. The molecule has 2 heterocycles. The zero-order valence-corrected chi connectivity index (χ0v) is 15.7. The van der Waals surface area contributed by atoms with Crippen LogP contribution in [0.3, 0.4) is 0 Å². The van der Waals surface area contributed by atoms with E-state index < -0.39 is 5.76 Å². The Bertz CT molecular complexity index is 1100. The van der Waals surface area contributed by atoms with Crippen LogP contribution in [0.2, 0.25) is 5.02 Å². The van der Waals surface area contributed by atoms with Gasteiger partial charge in [0.2, 0.25) is 0 Å². The van der Waals surface area contributed by atoms with Crippen molar-refractivity contribution in [2.75, 3.05) is 18.4 Å². The maximum Gasteiger partial charge on any atom is 0.417 e. The second-order valence-corrected chi connectivity index (χ2v) is 7.23. The molecule has 144 valence electrons. The van der Waals surface area contributed by atoms with Crippen molar-refractivity contribution in [3.05, 3.63) is 63.6 Å². The highest BCUT2D eigenvalue weighted by atomic mass is 35.5. The van der Waals surface area contributed by atoms with Crippen molar-refractivity contribution in [1.82, 2.24) is 9.88 Å². The van der Waals surface area contributed by atoms with E-state index in [-0.39, 0.29) is 17.7 Å². The van der Waals surface area contributed by atoms with Gasteiger partial charge in [-0.3, -0.25) is 9.78 Å². The molecule has 1 aliphatic heterocycles. The molecule has 2 aromatic carbocycles. The molecule has 8 heteroatoms. The molecule has 1 fully saturated rings. The fourth-order valence-electron chi connectivity index (χ4n) is 3.45. The van der Waals surface area contributed by atoms with Gasteiger partial charge in [-0.05, 0) is 49.2 Å². The highest BCUT2D eigenvalue weighted by Gasteiger charge is 2.28. The fourth-order valence-corrected chi connectivity index (χ4v) is 3.64. The number of nitrogens with zero attached hydrogens (tertiary/aromatic N) is 1. The van der Waals surface area contributed by atoms with E-state index in [1.807, 2.05) is 0 Å². The summed E-state index contributed by atoms with van der Waals surface area (Å²) >= 11 is 5.94. The molecular formula is C20H18ClN3O4. The number of carbonyl (C=O) groups excluding carboxylic acids is 2. The zero-order chi connectivity index (χ0) is 19.7. The number of halogens is 1. The Hall–Kier alpha value is -3.06. The molecular weight excluding hydrogens is 382 g/mol. The summed E-state index contributed by atoms with van der Waals surface area (Å²) in [5, 5.41) is 3.38. The third-order valence-corrected chi connectivity index (χ3v) is 5.17. The van der Waals surface area contributed by atoms with Crippen LogP contribution >= 0.6 is 11.6 Å². The Kier molecular flexibility index (Phi) is 4.92. The Balaban J connectivity index is 1.38. The maximum atomic E-state index is 12.8. The summed E-state index contributed by atoms with van der Waals surface area (Å²) in [6.45, 7) is 0.981. The number of oxazole rings is 1. The van der Waals surface area contributed by atoms with E-state index in [0.29, 0.717) is 53.3 Å². The van der Waals surface area contributed by atoms with Gasteiger partial charge in [0.05, 0.1) is 5.52 Å². The van der Waals surface area contributed by atoms with Gasteiger partial charge in [0.25, 0.3) is 0 Å². The number of ketones is 1. The van der Waals surface area contributed by atoms with Crippen molar-refractivity contribution in [3.8, 4) is 0 Å². The van der Waals surface area contributed by atoms with Crippen LogP contribution < -0.4 is 11.1 Å². The first-order valence-electron chi connectivity index (χ1n) is 8.98. The third kappa shape index (κ3) is 3.80. The fraction of sp³-hybridized carbons (Fsp3) is 0.250. The molecule has 0 bridgehead atoms. The molecule has 2 amide bonds. The van der Waals surface area contributed by atoms with E-state index in [1.54, 1.807) is 47.4 Å². The molecule has 0 aliphatic carbocycles. The molecule has 4 rings (SSSR count). The first kappa shape index (κ1) is 18.3. The summed E-state index contributed by atoms with van der Waals surface area (Å²) in [7, 11) is 0. The number of Topliss-reactive ketones (excluding diaryl/α,β-unsaturated/α-hetero) is 1. The number of rotatable bonds is 3. The number of carbonyl (C=O) groups is 2. The molecule has 0 saturated carbocycles. The number of hydrogen-bond donors (Lipinski definition) is 2. The van der Waals surface area contributed by atoms with Gasteiger partial charge in [0.1, 0.15) is 0 Å². The summed E-state index contributed by atoms with van der Waals surface area (Å²) in [5.41, 5.74) is 2.08. The van der Waals surface area contributed by atoms with Crippen LogP contribution in [0.15, 0.2) is 51.7 Å². The molecule has 2 N–H and O–H groups in total. The first-order chi connectivity index (χ1) is 13.5. The zero-order valence-electron chi connectivity index (χ0n) is 14.9. The lowest BCUT2D eigenvalue weighted by molar-refractivity contribution is 0.0859. The standard InChI is InChI=1S/C20H18ClN3O4/c21-14-2-1-3-15(11-14)22-19(26)24-8-6-12(7-9-24)18(25)13-4-5-16-17(10-13)28-20(27)23-16/h1-5,10-12H,6-9H2,(H,22,26)(H,23,27). The highest BCUT2D eigenvalue weighted by molar-refractivity contribution is 6.30. The lowest BCUT2D eigenvalue weighted by Gasteiger charge is -2.31. The molecule has 1 saturated heterocycles. The number of hydrogen-bond acceptors (Lipinski definition) is 4. The molecule has 28 heavy (non-hydrogen) atoms. The second kappa shape index (κ2) is 7.52. The van der Waals surface area contributed by atoms with Gasteiger partial charge >= 0.3 is 11.8 Å². The topological polar surface area (TPSA) is 95.4 Å². The number of likely N-dealkylation sites (tertiary alicyclic amines) is 1. The predicted octanol–water partition coefficient (Wildman–Crippen LogP) is 3.90. The number of aromatic amines is 1. The number of H-pyrrole nitrogens is 1. The molecule has 1 aromatic heterocycles. The van der Waals surface area contributed by atoms with Crippen molar-refractivity contribution >= 4 is 40.2 Å². The van der Waals surface area contributed by atoms with E-state index in [1.165, 1.54) is 0 Å². The number of benzene rings is 2. The average molecular weight is 400 g/mol. The highest BCUT2D eigenvalue weighted by Crippen LogP contribution is 2.24. The van der Waals surface area contributed by atoms with Crippen LogP contribution in [0.5, 0.6) is 0 Å². The molecule has 3 aromatic rings. The van der Waals surface area contributed by atoms with Crippen molar-refractivity contribution in [2.24, 2.45) is 5.92 Å². The smallest absolute Gasteiger partial charge is 0.408 e. The van der Waals surface area contributed by atoms with Crippen molar-refractivity contribution in [3.63, 3.8) is 0 Å². The van der Waals surface area contributed by atoms with Crippen LogP contribution in [0.4, 0.5) is 10.5 Å². The van der Waals surface area contributed by atoms with Gasteiger partial charge in [-0.25, -0.2) is 9.59 Å². The summed E-state index contributed by atoms with van der Waals surface area (Å²) < 4.78 is 5.03. The Morgan fingerprint density at radius 3 is 2.68 bits per heavy atom. The Morgan fingerprint density at radius 2 is 1.93 bits per heavy atom. The van der Waals surface area contributed by atoms with Gasteiger partial charge in [-0.2, -0.15) is 0 Å². The quantitative estimate of drug-likeness (QED) is 0.653. The third-order valence-electron chi connectivity index (χ3n) is 4.93. The Morgan fingerprint density at radius 1 is 1.14 bits per heavy atom. The van der Waals surface area contributed by atoms with Crippen LogP contribution in [0.1, 0.15) is 23.2 Å². The van der Waals surface area contributed by atoms with Crippen molar-refractivity contribution in [1.29, 1.82) is 0 Å². The van der Waals surface area contributed by atoms with Crippen molar-refractivity contribution in [2.45, 2.75) is 12.8 Å². The summed E-state index contributed by atoms with van der Waals surface area (Å²) in [5.74, 6) is -0.711. The van der Waals surface area contributed by atoms with E-state index in [2.05, 4.69) is 10.3 Å². The summed E-state index contributed by atoms with van der Waals surface area (Å²) in [6.07, 6.45) is 1.16. The maximum absolute atomic E-state index is 12.8. The van der Waals surface area contributed by atoms with Gasteiger partial charge in [0.15, 0.2) is 11.4 Å². The molecule has 0 atom stereocenters. The second-order valence-electron chi connectivity index (χ2n) is 6.79.